The largest absolute Gasteiger partial charge is 0.478 e. The van der Waals surface area contributed by atoms with Gasteiger partial charge in [-0.25, -0.2) is 4.98 Å². The highest BCUT2D eigenvalue weighted by Gasteiger charge is 2.16. The molecule has 4 heteroatoms. The van der Waals surface area contributed by atoms with Crippen molar-refractivity contribution in [3.8, 4) is 5.88 Å². The lowest BCUT2D eigenvalue weighted by atomic mass is 9.95. The third-order valence-electron chi connectivity index (χ3n) is 4.97. The Morgan fingerprint density at radius 3 is 2.96 bits per heavy atom. The summed E-state index contributed by atoms with van der Waals surface area (Å²) in [6, 6.07) is 15.1. The number of fused-ring (bicyclic) bond motifs is 1. The van der Waals surface area contributed by atoms with Gasteiger partial charge in [0.05, 0.1) is 18.0 Å². The van der Waals surface area contributed by atoms with Crippen LogP contribution in [-0.4, -0.2) is 23.8 Å². The third kappa shape index (κ3) is 4.13. The number of ether oxygens (including phenoxy) is 1. The molecule has 1 atom stereocenters. The summed E-state index contributed by atoms with van der Waals surface area (Å²) in [5.74, 6) is 0.690. The number of aliphatic imine (C=N–C) groups is 1. The van der Waals surface area contributed by atoms with E-state index in [4.69, 9.17) is 4.74 Å². The van der Waals surface area contributed by atoms with Gasteiger partial charge in [-0.2, -0.15) is 0 Å². The number of aryl methyl sites for hydroxylation is 1. The zero-order chi connectivity index (χ0) is 17.6. The number of para-hydroxylation sites is 1. The van der Waals surface area contributed by atoms with E-state index < -0.39 is 0 Å². The average Bonchev–Trinajstić information content (AvgIpc) is 3.23. The molecule has 0 aliphatic carbocycles. The van der Waals surface area contributed by atoms with Gasteiger partial charge >= 0.3 is 0 Å². The normalized spacial score (nSPS) is 18.2. The first-order chi connectivity index (χ1) is 12.9. The number of pyridine rings is 1. The van der Waals surface area contributed by atoms with E-state index in [9.17, 15) is 0 Å². The van der Waals surface area contributed by atoms with Crippen LogP contribution >= 0.6 is 0 Å². The molecule has 2 aromatic rings. The first kappa shape index (κ1) is 16.8. The van der Waals surface area contributed by atoms with Gasteiger partial charge in [-0.15, -0.1) is 0 Å². The van der Waals surface area contributed by atoms with Crippen molar-refractivity contribution in [1.82, 2.24) is 4.98 Å². The highest BCUT2D eigenvalue weighted by atomic mass is 16.5. The van der Waals surface area contributed by atoms with Crippen molar-refractivity contribution in [2.24, 2.45) is 4.99 Å². The van der Waals surface area contributed by atoms with E-state index in [-0.39, 0.29) is 0 Å². The van der Waals surface area contributed by atoms with Crippen LogP contribution in [0.2, 0.25) is 0 Å². The highest BCUT2D eigenvalue weighted by molar-refractivity contribution is 5.79. The van der Waals surface area contributed by atoms with Crippen molar-refractivity contribution >= 4 is 17.6 Å². The molecule has 0 bridgehead atoms. The minimum absolute atomic E-state index is 0.582. The predicted octanol–water partition coefficient (Wildman–Crippen LogP) is 4.87. The fraction of sp³-hybridized carbons (Fsp3) is 0.364. The van der Waals surface area contributed by atoms with Crippen LogP contribution in [0.25, 0.3) is 5.70 Å². The average molecular weight is 347 g/mol. The second kappa shape index (κ2) is 8.17. The minimum Gasteiger partial charge on any atom is -0.478 e. The van der Waals surface area contributed by atoms with Crippen molar-refractivity contribution in [3.63, 3.8) is 0 Å². The Kier molecular flexibility index (Phi) is 5.29. The summed E-state index contributed by atoms with van der Waals surface area (Å²) in [7, 11) is 0. The van der Waals surface area contributed by atoms with Crippen LogP contribution in [0.4, 0.5) is 5.69 Å². The van der Waals surface area contributed by atoms with Crippen LogP contribution in [-0.2, 0) is 6.42 Å². The maximum absolute atomic E-state index is 5.84. The van der Waals surface area contributed by atoms with Gasteiger partial charge in [0.15, 0.2) is 0 Å². The molecule has 0 saturated heterocycles. The summed E-state index contributed by atoms with van der Waals surface area (Å²) < 4.78 is 5.84. The van der Waals surface area contributed by atoms with Crippen LogP contribution in [0.5, 0.6) is 5.88 Å². The van der Waals surface area contributed by atoms with Crippen LogP contribution in [0, 0.1) is 0 Å². The third-order valence-corrected chi connectivity index (χ3v) is 4.97. The Bertz CT molecular complexity index is 813. The lowest BCUT2D eigenvalue weighted by Crippen LogP contribution is -2.25. The summed E-state index contributed by atoms with van der Waals surface area (Å²) >= 11 is 0. The summed E-state index contributed by atoms with van der Waals surface area (Å²) in [4.78, 5) is 8.89. The van der Waals surface area contributed by atoms with Crippen LogP contribution < -0.4 is 10.1 Å². The van der Waals surface area contributed by atoms with Gasteiger partial charge < -0.3 is 10.1 Å². The second-order valence-corrected chi connectivity index (χ2v) is 6.88. The Balaban J connectivity index is 1.19. The smallest absolute Gasteiger partial charge is 0.213 e. The van der Waals surface area contributed by atoms with Crippen molar-refractivity contribution < 1.29 is 4.74 Å². The van der Waals surface area contributed by atoms with E-state index in [1.165, 1.54) is 30.5 Å². The van der Waals surface area contributed by atoms with Crippen LogP contribution in [0.15, 0.2) is 53.5 Å². The van der Waals surface area contributed by atoms with E-state index in [2.05, 4.69) is 45.6 Å². The first-order valence-corrected chi connectivity index (χ1v) is 9.56. The molecule has 2 aliphatic rings. The molecule has 0 amide bonds. The molecular formula is C22H25N3O. The molecule has 0 radical (unpaired) electrons. The molecule has 134 valence electrons. The zero-order valence-corrected chi connectivity index (χ0v) is 15.0. The van der Waals surface area contributed by atoms with Gasteiger partial charge in [0.1, 0.15) is 0 Å². The Morgan fingerprint density at radius 2 is 2.04 bits per heavy atom. The van der Waals surface area contributed by atoms with Gasteiger partial charge in [0.25, 0.3) is 0 Å². The molecule has 0 saturated carbocycles. The summed E-state index contributed by atoms with van der Waals surface area (Å²) in [5, 5.41) is 3.67. The number of anilines is 1. The first-order valence-electron chi connectivity index (χ1n) is 9.56. The number of aromatic nitrogens is 1. The number of unbranched alkanes of at least 4 members (excludes halogenated alkanes) is 1. The number of rotatable bonds is 7. The number of hydrogen-bond acceptors (Lipinski definition) is 4. The minimum atomic E-state index is 0.582. The molecule has 4 rings (SSSR count). The molecule has 26 heavy (non-hydrogen) atoms. The second-order valence-electron chi connectivity index (χ2n) is 6.88. The van der Waals surface area contributed by atoms with E-state index in [0.717, 1.165) is 30.7 Å². The molecule has 0 fully saturated rings. The number of hydrogen-bond donors (Lipinski definition) is 1. The fourth-order valence-electron chi connectivity index (χ4n) is 3.56. The molecule has 4 nitrogen and oxygen atoms in total. The van der Waals surface area contributed by atoms with Gasteiger partial charge in [-0.1, -0.05) is 30.3 Å². The molecule has 3 heterocycles. The predicted molar refractivity (Wildman–Crippen MR) is 107 cm³/mol. The molecule has 2 aliphatic heterocycles. The van der Waals surface area contributed by atoms with E-state index >= 15 is 0 Å². The molecule has 1 aromatic heterocycles. The standard InChI is InChI=1S/C22H25N3O/c1-2-9-19-17(7-1)13-14-18(24-19)8-3-4-16-26-22-12-5-10-21(25-22)20-11-6-15-23-20/h1-2,5,7,9-12,15,18,24H,3-4,6,8,13-14,16H2. The zero-order valence-electron chi connectivity index (χ0n) is 15.0. The highest BCUT2D eigenvalue weighted by Crippen LogP contribution is 2.26. The maximum Gasteiger partial charge on any atom is 0.213 e. The van der Waals surface area contributed by atoms with Crippen molar-refractivity contribution in [1.29, 1.82) is 0 Å². The summed E-state index contributed by atoms with van der Waals surface area (Å²) in [5.41, 5.74) is 4.59. The Labute approximate surface area is 155 Å². The number of benzene rings is 1. The molecular weight excluding hydrogens is 322 g/mol. The van der Waals surface area contributed by atoms with Crippen LogP contribution in [0.3, 0.4) is 0 Å². The maximum atomic E-state index is 5.84. The van der Waals surface area contributed by atoms with Crippen molar-refractivity contribution in [3.05, 3.63) is 59.8 Å². The fourth-order valence-corrected chi connectivity index (χ4v) is 3.56. The van der Waals surface area contributed by atoms with E-state index in [1.54, 1.807) is 0 Å². The Hall–Kier alpha value is -2.62. The SMILES string of the molecule is C1=NC(c2cccc(OCCCCC3CCc4ccccc4N3)n2)=CC1. The lowest BCUT2D eigenvalue weighted by Gasteiger charge is -2.27. The lowest BCUT2D eigenvalue weighted by molar-refractivity contribution is 0.292. The van der Waals surface area contributed by atoms with E-state index in [0.29, 0.717) is 18.5 Å². The molecule has 1 unspecified atom stereocenters. The van der Waals surface area contributed by atoms with Gasteiger partial charge in [0.2, 0.25) is 5.88 Å². The topological polar surface area (TPSA) is 46.5 Å². The molecule has 0 spiro atoms. The number of nitrogens with zero attached hydrogens (tertiary/aromatic N) is 2. The van der Waals surface area contributed by atoms with Gasteiger partial charge in [-0.3, -0.25) is 4.99 Å². The van der Waals surface area contributed by atoms with Gasteiger partial charge in [-0.05, 0) is 49.8 Å². The van der Waals surface area contributed by atoms with Crippen LogP contribution in [0.1, 0.15) is 43.4 Å². The Morgan fingerprint density at radius 1 is 1.08 bits per heavy atom. The van der Waals surface area contributed by atoms with Crippen molar-refractivity contribution in [2.45, 2.75) is 44.6 Å². The summed E-state index contributed by atoms with van der Waals surface area (Å²) in [6.07, 6.45) is 10.7. The monoisotopic (exact) mass is 347 g/mol. The molecule has 1 N–H and O–H groups in total. The number of nitrogens with one attached hydrogen (secondary N) is 1. The molecule has 1 aromatic carbocycles. The summed E-state index contributed by atoms with van der Waals surface area (Å²) in [6.45, 7) is 0.710. The number of allylic oxidation sites excluding steroid dienone is 1. The van der Waals surface area contributed by atoms with Crippen molar-refractivity contribution in [2.75, 3.05) is 11.9 Å². The van der Waals surface area contributed by atoms with E-state index in [1.807, 2.05) is 24.4 Å². The van der Waals surface area contributed by atoms with Gasteiger partial charge in [0, 0.05) is 30.4 Å². The quantitative estimate of drug-likeness (QED) is 0.727.